The van der Waals surface area contributed by atoms with E-state index < -0.39 is 0 Å². The molecule has 1 fully saturated rings. The minimum absolute atomic E-state index is 0.172. The highest BCUT2D eigenvalue weighted by Crippen LogP contribution is 2.30. The Morgan fingerprint density at radius 1 is 1.25 bits per heavy atom. The predicted octanol–water partition coefficient (Wildman–Crippen LogP) is 3.19. The van der Waals surface area contributed by atoms with E-state index in [4.69, 9.17) is 4.74 Å². The third-order valence-electron chi connectivity index (χ3n) is 4.31. The SMILES string of the molecule is CCOc1cc(C)c(C(=O)C2CCNCC2)c(C)c1C. The van der Waals surface area contributed by atoms with Crippen molar-refractivity contribution >= 4 is 5.78 Å². The zero-order valence-corrected chi connectivity index (χ0v) is 13.0. The molecule has 0 unspecified atom stereocenters. The van der Waals surface area contributed by atoms with Gasteiger partial charge in [0.05, 0.1) is 6.61 Å². The summed E-state index contributed by atoms with van der Waals surface area (Å²) >= 11 is 0. The number of rotatable bonds is 4. The summed E-state index contributed by atoms with van der Waals surface area (Å²) in [6.45, 7) is 10.6. The first-order valence-corrected chi connectivity index (χ1v) is 7.54. The first-order chi connectivity index (χ1) is 9.56. The Balaban J connectivity index is 2.36. The van der Waals surface area contributed by atoms with Gasteiger partial charge in [-0.25, -0.2) is 0 Å². The van der Waals surface area contributed by atoms with Crippen LogP contribution in [-0.2, 0) is 0 Å². The lowest BCUT2D eigenvalue weighted by Crippen LogP contribution is -2.32. The summed E-state index contributed by atoms with van der Waals surface area (Å²) in [5, 5.41) is 3.32. The maximum atomic E-state index is 12.8. The van der Waals surface area contributed by atoms with E-state index >= 15 is 0 Å². The van der Waals surface area contributed by atoms with Crippen molar-refractivity contribution in [2.45, 2.75) is 40.5 Å². The molecule has 0 radical (unpaired) electrons. The fourth-order valence-corrected chi connectivity index (χ4v) is 3.02. The molecule has 0 spiro atoms. The summed E-state index contributed by atoms with van der Waals surface area (Å²) in [4.78, 5) is 12.8. The van der Waals surface area contributed by atoms with Crippen LogP contribution < -0.4 is 10.1 Å². The molecular weight excluding hydrogens is 250 g/mol. The number of piperidine rings is 1. The Kier molecular flexibility index (Phi) is 4.81. The average molecular weight is 275 g/mol. The van der Waals surface area contributed by atoms with Gasteiger partial charge in [-0.05, 0) is 76.4 Å². The second-order valence-corrected chi connectivity index (χ2v) is 5.64. The number of carbonyl (C=O) groups is 1. The third-order valence-corrected chi connectivity index (χ3v) is 4.31. The topological polar surface area (TPSA) is 38.3 Å². The van der Waals surface area contributed by atoms with Crippen LogP contribution in [0, 0.1) is 26.7 Å². The van der Waals surface area contributed by atoms with Gasteiger partial charge in [0, 0.05) is 11.5 Å². The van der Waals surface area contributed by atoms with E-state index in [1.54, 1.807) is 0 Å². The highest BCUT2D eigenvalue weighted by Gasteiger charge is 2.26. The highest BCUT2D eigenvalue weighted by atomic mass is 16.5. The summed E-state index contributed by atoms with van der Waals surface area (Å²) in [5.41, 5.74) is 4.13. The molecule has 0 atom stereocenters. The summed E-state index contributed by atoms with van der Waals surface area (Å²) in [5.74, 6) is 1.39. The predicted molar refractivity (Wildman–Crippen MR) is 81.7 cm³/mol. The van der Waals surface area contributed by atoms with Crippen molar-refractivity contribution in [3.8, 4) is 5.75 Å². The minimum Gasteiger partial charge on any atom is -0.494 e. The van der Waals surface area contributed by atoms with E-state index in [0.717, 1.165) is 53.9 Å². The number of hydrogen-bond acceptors (Lipinski definition) is 3. The summed E-state index contributed by atoms with van der Waals surface area (Å²) in [7, 11) is 0. The average Bonchev–Trinajstić information content (AvgIpc) is 2.45. The van der Waals surface area contributed by atoms with Crippen molar-refractivity contribution in [3.05, 3.63) is 28.3 Å². The molecule has 1 aliphatic heterocycles. The van der Waals surface area contributed by atoms with Crippen molar-refractivity contribution in [2.24, 2.45) is 5.92 Å². The Labute approximate surface area is 121 Å². The Morgan fingerprint density at radius 2 is 1.90 bits per heavy atom. The van der Waals surface area contributed by atoms with E-state index in [0.29, 0.717) is 12.4 Å². The fourth-order valence-electron chi connectivity index (χ4n) is 3.02. The van der Waals surface area contributed by atoms with Crippen molar-refractivity contribution in [1.82, 2.24) is 5.32 Å². The van der Waals surface area contributed by atoms with Crippen LogP contribution in [0.4, 0.5) is 0 Å². The van der Waals surface area contributed by atoms with Gasteiger partial charge in [-0.2, -0.15) is 0 Å². The van der Waals surface area contributed by atoms with Gasteiger partial charge in [0.25, 0.3) is 0 Å². The van der Waals surface area contributed by atoms with Gasteiger partial charge >= 0.3 is 0 Å². The third kappa shape index (κ3) is 2.88. The normalized spacial score (nSPS) is 16.2. The lowest BCUT2D eigenvalue weighted by molar-refractivity contribution is 0.0893. The largest absolute Gasteiger partial charge is 0.494 e. The molecule has 0 saturated carbocycles. The monoisotopic (exact) mass is 275 g/mol. The number of Topliss-reactive ketones (excluding diaryl/α,β-unsaturated/α-hetero) is 1. The van der Waals surface area contributed by atoms with Gasteiger partial charge in [-0.1, -0.05) is 0 Å². The number of aryl methyl sites for hydroxylation is 1. The van der Waals surface area contributed by atoms with Crippen molar-refractivity contribution < 1.29 is 9.53 Å². The lowest BCUT2D eigenvalue weighted by Gasteiger charge is -2.24. The van der Waals surface area contributed by atoms with Crippen molar-refractivity contribution in [2.75, 3.05) is 19.7 Å². The van der Waals surface area contributed by atoms with E-state index in [2.05, 4.69) is 5.32 Å². The van der Waals surface area contributed by atoms with Gasteiger partial charge in [0.2, 0.25) is 0 Å². The van der Waals surface area contributed by atoms with Gasteiger partial charge in [-0.3, -0.25) is 4.79 Å². The molecule has 20 heavy (non-hydrogen) atoms. The van der Waals surface area contributed by atoms with E-state index in [1.165, 1.54) is 0 Å². The molecule has 3 nitrogen and oxygen atoms in total. The number of benzene rings is 1. The Hall–Kier alpha value is -1.35. The summed E-state index contributed by atoms with van der Waals surface area (Å²) in [6, 6.07) is 2.01. The molecule has 1 N–H and O–H groups in total. The number of ether oxygens (including phenoxy) is 1. The van der Waals surface area contributed by atoms with Crippen LogP contribution in [0.25, 0.3) is 0 Å². The zero-order chi connectivity index (χ0) is 14.7. The summed E-state index contributed by atoms with van der Waals surface area (Å²) < 4.78 is 5.66. The van der Waals surface area contributed by atoms with E-state index in [1.807, 2.05) is 33.8 Å². The van der Waals surface area contributed by atoms with Gasteiger partial charge in [-0.15, -0.1) is 0 Å². The fraction of sp³-hybridized carbons (Fsp3) is 0.588. The maximum Gasteiger partial charge on any atom is 0.166 e. The van der Waals surface area contributed by atoms with E-state index in [9.17, 15) is 4.79 Å². The van der Waals surface area contributed by atoms with Crippen LogP contribution in [0.1, 0.15) is 46.8 Å². The summed E-state index contributed by atoms with van der Waals surface area (Å²) in [6.07, 6.45) is 1.90. The second kappa shape index (κ2) is 6.40. The minimum atomic E-state index is 0.172. The maximum absolute atomic E-state index is 12.8. The van der Waals surface area contributed by atoms with Crippen LogP contribution in [0.5, 0.6) is 5.75 Å². The second-order valence-electron chi connectivity index (χ2n) is 5.64. The molecular formula is C17H25NO2. The molecule has 0 aliphatic carbocycles. The van der Waals surface area contributed by atoms with Crippen LogP contribution in [0.3, 0.4) is 0 Å². The zero-order valence-electron chi connectivity index (χ0n) is 13.0. The van der Waals surface area contributed by atoms with Gasteiger partial charge in [0.1, 0.15) is 5.75 Å². The molecule has 0 aromatic heterocycles. The van der Waals surface area contributed by atoms with Crippen molar-refractivity contribution in [1.29, 1.82) is 0 Å². The van der Waals surface area contributed by atoms with Crippen LogP contribution in [-0.4, -0.2) is 25.5 Å². The molecule has 0 bridgehead atoms. The quantitative estimate of drug-likeness (QED) is 0.858. The number of hydrogen-bond donors (Lipinski definition) is 1. The molecule has 1 aliphatic rings. The Bertz CT molecular complexity index is 502. The van der Waals surface area contributed by atoms with Crippen molar-refractivity contribution in [3.63, 3.8) is 0 Å². The van der Waals surface area contributed by atoms with Crippen LogP contribution in [0.2, 0.25) is 0 Å². The number of carbonyl (C=O) groups excluding carboxylic acids is 1. The first kappa shape index (κ1) is 15.0. The molecule has 3 heteroatoms. The molecule has 1 heterocycles. The smallest absolute Gasteiger partial charge is 0.166 e. The molecule has 1 aromatic carbocycles. The highest BCUT2D eigenvalue weighted by molar-refractivity contribution is 6.01. The molecule has 2 rings (SSSR count). The Morgan fingerprint density at radius 3 is 2.50 bits per heavy atom. The molecule has 0 amide bonds. The number of ketones is 1. The molecule has 110 valence electrons. The van der Waals surface area contributed by atoms with Gasteiger partial charge < -0.3 is 10.1 Å². The van der Waals surface area contributed by atoms with Crippen LogP contribution >= 0.6 is 0 Å². The first-order valence-electron chi connectivity index (χ1n) is 7.54. The lowest BCUT2D eigenvalue weighted by atomic mass is 9.84. The molecule has 1 saturated heterocycles. The van der Waals surface area contributed by atoms with Crippen LogP contribution in [0.15, 0.2) is 6.07 Å². The van der Waals surface area contributed by atoms with Gasteiger partial charge in [0.15, 0.2) is 5.78 Å². The molecule has 1 aromatic rings. The number of nitrogens with one attached hydrogen (secondary N) is 1. The standard InChI is InChI=1S/C17H25NO2/c1-5-20-15-10-11(2)16(13(4)12(15)3)17(19)14-6-8-18-9-7-14/h10,14,18H,5-9H2,1-4H3. The van der Waals surface area contributed by atoms with E-state index in [-0.39, 0.29) is 5.92 Å².